The van der Waals surface area contributed by atoms with E-state index in [0.29, 0.717) is 0 Å². The number of hydrogen-bond acceptors (Lipinski definition) is 3. The summed E-state index contributed by atoms with van der Waals surface area (Å²) in [5.74, 6) is -0.765. The summed E-state index contributed by atoms with van der Waals surface area (Å²) >= 11 is 0. The van der Waals surface area contributed by atoms with Crippen molar-refractivity contribution in [3.8, 4) is 0 Å². The first-order chi connectivity index (χ1) is 11.7. The molecule has 0 aromatic heterocycles. The lowest BCUT2D eigenvalue weighted by molar-refractivity contribution is -0.152. The minimum Gasteiger partial charge on any atom is -0.455 e. The van der Waals surface area contributed by atoms with Gasteiger partial charge in [-0.1, -0.05) is 48.0 Å². The molecule has 0 aliphatic carbocycles. The zero-order valence-corrected chi connectivity index (χ0v) is 15.5. The van der Waals surface area contributed by atoms with Crippen LogP contribution in [0.5, 0.6) is 0 Å². The maximum atomic E-state index is 12.4. The molecule has 0 aliphatic rings. The highest BCUT2D eigenvalue weighted by molar-refractivity contribution is 5.95. The van der Waals surface area contributed by atoms with Gasteiger partial charge in [0.05, 0.1) is 5.41 Å². The highest BCUT2D eigenvalue weighted by Gasteiger charge is 2.31. The zero-order valence-electron chi connectivity index (χ0n) is 15.5. The summed E-state index contributed by atoms with van der Waals surface area (Å²) in [7, 11) is 0. The second-order valence-corrected chi connectivity index (χ2v) is 6.89. The number of aryl methyl sites for hydroxylation is 3. The molecule has 0 fully saturated rings. The van der Waals surface area contributed by atoms with Crippen LogP contribution in [0.1, 0.15) is 36.1 Å². The molecule has 2 aromatic rings. The predicted molar refractivity (Wildman–Crippen MR) is 99.7 cm³/mol. The molecule has 0 atom stereocenters. The lowest BCUT2D eigenvalue weighted by Gasteiger charge is -2.23. The van der Waals surface area contributed by atoms with Gasteiger partial charge in [-0.25, -0.2) is 0 Å². The number of hydrogen-bond donors (Lipinski definition) is 1. The number of nitrogens with one attached hydrogen (secondary N) is 1. The predicted octanol–water partition coefficient (Wildman–Crippen LogP) is 4.07. The third kappa shape index (κ3) is 4.47. The highest BCUT2D eigenvalue weighted by atomic mass is 16.5. The van der Waals surface area contributed by atoms with Gasteiger partial charge in [0.1, 0.15) is 0 Å². The first-order valence-electron chi connectivity index (χ1n) is 8.32. The minimum absolute atomic E-state index is 0.304. The molecular weight excluding hydrogens is 314 g/mol. The van der Waals surface area contributed by atoms with Crippen LogP contribution in [0.15, 0.2) is 42.5 Å². The Morgan fingerprint density at radius 2 is 1.56 bits per heavy atom. The van der Waals surface area contributed by atoms with E-state index in [4.69, 9.17) is 4.74 Å². The fourth-order valence-electron chi connectivity index (χ4n) is 2.84. The Bertz CT molecular complexity index is 756. The van der Waals surface area contributed by atoms with Gasteiger partial charge in [0.15, 0.2) is 6.61 Å². The summed E-state index contributed by atoms with van der Waals surface area (Å²) in [5, 5.41) is 2.84. The fourth-order valence-corrected chi connectivity index (χ4v) is 2.84. The second-order valence-electron chi connectivity index (χ2n) is 6.89. The number of benzene rings is 2. The fraction of sp³-hybridized carbons (Fsp3) is 0.333. The van der Waals surface area contributed by atoms with Crippen molar-refractivity contribution in [3.05, 3.63) is 64.7 Å². The van der Waals surface area contributed by atoms with Crippen molar-refractivity contribution in [2.24, 2.45) is 0 Å². The Morgan fingerprint density at radius 1 is 1.00 bits per heavy atom. The smallest absolute Gasteiger partial charge is 0.316 e. The zero-order chi connectivity index (χ0) is 18.6. The van der Waals surface area contributed by atoms with Crippen molar-refractivity contribution in [1.29, 1.82) is 0 Å². The van der Waals surface area contributed by atoms with Crippen molar-refractivity contribution in [1.82, 2.24) is 0 Å². The molecule has 25 heavy (non-hydrogen) atoms. The van der Waals surface area contributed by atoms with E-state index < -0.39 is 11.4 Å². The molecule has 0 unspecified atom stereocenters. The first-order valence-corrected chi connectivity index (χ1v) is 8.32. The summed E-state index contributed by atoms with van der Waals surface area (Å²) in [5.41, 5.74) is 3.93. The molecule has 4 nitrogen and oxygen atoms in total. The summed E-state index contributed by atoms with van der Waals surface area (Å²) in [4.78, 5) is 24.6. The van der Waals surface area contributed by atoms with E-state index in [1.807, 2.05) is 63.2 Å². The number of ether oxygens (including phenoxy) is 1. The molecule has 1 amide bonds. The van der Waals surface area contributed by atoms with E-state index >= 15 is 0 Å². The number of rotatable bonds is 5. The first kappa shape index (κ1) is 18.7. The average Bonchev–Trinajstić information content (AvgIpc) is 2.56. The third-order valence-electron chi connectivity index (χ3n) is 4.28. The molecule has 2 aromatic carbocycles. The van der Waals surface area contributed by atoms with Gasteiger partial charge >= 0.3 is 5.97 Å². The summed E-state index contributed by atoms with van der Waals surface area (Å²) in [6.07, 6.45) is 0. The van der Waals surface area contributed by atoms with Crippen LogP contribution in [-0.4, -0.2) is 18.5 Å². The maximum absolute atomic E-state index is 12.4. The highest BCUT2D eigenvalue weighted by Crippen LogP contribution is 2.25. The van der Waals surface area contributed by atoms with Crippen molar-refractivity contribution in [2.75, 3.05) is 11.9 Å². The Labute approximate surface area is 149 Å². The normalized spacial score (nSPS) is 11.1. The van der Waals surface area contributed by atoms with Crippen LogP contribution < -0.4 is 5.32 Å². The van der Waals surface area contributed by atoms with Crippen LogP contribution in [0.25, 0.3) is 0 Å². The van der Waals surface area contributed by atoms with Crippen molar-refractivity contribution >= 4 is 17.6 Å². The van der Waals surface area contributed by atoms with Gasteiger partial charge in [0.25, 0.3) is 5.91 Å². The number of anilines is 1. The SMILES string of the molecule is Cc1cc(C)c(NC(=O)COC(=O)C(C)(C)c2ccccc2)c(C)c1. The Kier molecular flexibility index (Phi) is 5.62. The summed E-state index contributed by atoms with van der Waals surface area (Å²) in [6, 6.07) is 13.4. The molecule has 132 valence electrons. The molecule has 0 radical (unpaired) electrons. The minimum atomic E-state index is -0.808. The molecule has 0 aliphatic heterocycles. The van der Waals surface area contributed by atoms with Gasteiger partial charge in [0.2, 0.25) is 0 Å². The van der Waals surface area contributed by atoms with Gasteiger partial charge in [-0.2, -0.15) is 0 Å². The molecular formula is C21H25NO3. The lowest BCUT2D eigenvalue weighted by Crippen LogP contribution is -2.33. The van der Waals surface area contributed by atoms with Crippen molar-refractivity contribution in [3.63, 3.8) is 0 Å². The maximum Gasteiger partial charge on any atom is 0.316 e. The summed E-state index contributed by atoms with van der Waals surface area (Å²) < 4.78 is 5.25. The molecule has 0 bridgehead atoms. The van der Waals surface area contributed by atoms with Gasteiger partial charge in [-0.3, -0.25) is 9.59 Å². The number of carbonyl (C=O) groups is 2. The van der Waals surface area contributed by atoms with Crippen molar-refractivity contribution in [2.45, 2.75) is 40.0 Å². The van der Waals surface area contributed by atoms with Gasteiger partial charge < -0.3 is 10.1 Å². The number of amides is 1. The Morgan fingerprint density at radius 3 is 2.12 bits per heavy atom. The average molecular weight is 339 g/mol. The second kappa shape index (κ2) is 7.51. The topological polar surface area (TPSA) is 55.4 Å². The van der Waals surface area contributed by atoms with E-state index in [0.717, 1.165) is 27.9 Å². The Hall–Kier alpha value is -2.62. The van der Waals surface area contributed by atoms with Gasteiger partial charge in [-0.15, -0.1) is 0 Å². The van der Waals surface area contributed by atoms with Crippen LogP contribution in [0.3, 0.4) is 0 Å². The monoisotopic (exact) mass is 339 g/mol. The molecule has 0 saturated heterocycles. The standard InChI is InChI=1S/C21H25NO3/c1-14-11-15(2)19(16(3)12-14)22-18(23)13-25-20(24)21(4,5)17-9-7-6-8-10-17/h6-12H,13H2,1-5H3,(H,22,23). The molecule has 0 heterocycles. The van der Waals surface area contributed by atoms with Gasteiger partial charge in [0, 0.05) is 5.69 Å². The molecule has 0 saturated carbocycles. The van der Waals surface area contributed by atoms with Gasteiger partial charge in [-0.05, 0) is 51.3 Å². The molecule has 1 N–H and O–H groups in total. The van der Waals surface area contributed by atoms with E-state index in [-0.39, 0.29) is 12.5 Å². The third-order valence-corrected chi connectivity index (χ3v) is 4.28. The van der Waals surface area contributed by atoms with Crippen LogP contribution in [0.2, 0.25) is 0 Å². The van der Waals surface area contributed by atoms with Crippen LogP contribution in [0, 0.1) is 20.8 Å². The van der Waals surface area contributed by atoms with E-state index in [1.165, 1.54) is 0 Å². The van der Waals surface area contributed by atoms with E-state index in [2.05, 4.69) is 5.32 Å². The Balaban J connectivity index is 1.99. The quantitative estimate of drug-likeness (QED) is 0.836. The summed E-state index contributed by atoms with van der Waals surface area (Å²) in [6.45, 7) is 9.18. The lowest BCUT2D eigenvalue weighted by atomic mass is 9.85. The number of carbonyl (C=O) groups excluding carboxylic acids is 2. The molecule has 2 rings (SSSR count). The largest absolute Gasteiger partial charge is 0.455 e. The van der Waals surface area contributed by atoms with E-state index in [1.54, 1.807) is 13.8 Å². The van der Waals surface area contributed by atoms with Crippen molar-refractivity contribution < 1.29 is 14.3 Å². The van der Waals surface area contributed by atoms with Crippen LogP contribution in [-0.2, 0) is 19.7 Å². The number of esters is 1. The van der Waals surface area contributed by atoms with E-state index in [9.17, 15) is 9.59 Å². The van der Waals surface area contributed by atoms with Crippen LogP contribution >= 0.6 is 0 Å². The molecule has 0 spiro atoms. The molecule has 4 heteroatoms. The van der Waals surface area contributed by atoms with Crippen LogP contribution in [0.4, 0.5) is 5.69 Å².